The van der Waals surface area contributed by atoms with Crippen LogP contribution < -0.4 is 10.3 Å². The fourth-order valence-corrected chi connectivity index (χ4v) is 4.52. The van der Waals surface area contributed by atoms with Crippen molar-refractivity contribution in [3.05, 3.63) is 81.3 Å². The maximum atomic E-state index is 12.8. The molecule has 2 aromatic carbocycles. The highest BCUT2D eigenvalue weighted by atomic mass is 32.2. The third kappa shape index (κ3) is 4.06. The number of hydrogen-bond acceptors (Lipinski definition) is 3. The Morgan fingerprint density at radius 3 is 2.17 bits per heavy atom. The number of sulfonamides is 1. The first kappa shape index (κ1) is 21.1. The third-order valence-corrected chi connectivity index (χ3v) is 6.70. The Morgan fingerprint density at radius 1 is 1.00 bits per heavy atom. The van der Waals surface area contributed by atoms with Gasteiger partial charge in [0.1, 0.15) is 0 Å². The van der Waals surface area contributed by atoms with Crippen molar-refractivity contribution in [3.8, 4) is 5.69 Å². The fraction of sp³-hybridized carbons (Fsp3) is 0.318. The monoisotopic (exact) mass is 413 g/mol. The molecule has 0 spiro atoms. The molecule has 1 N–H and O–H groups in total. The zero-order valence-corrected chi connectivity index (χ0v) is 18.2. The van der Waals surface area contributed by atoms with Gasteiger partial charge in [-0.1, -0.05) is 38.1 Å². The van der Waals surface area contributed by atoms with Crippen molar-refractivity contribution in [3.63, 3.8) is 0 Å². The molecule has 0 aliphatic heterocycles. The van der Waals surface area contributed by atoms with Crippen LogP contribution in [-0.2, 0) is 23.6 Å². The molecule has 1 heterocycles. The van der Waals surface area contributed by atoms with Crippen molar-refractivity contribution >= 4 is 10.0 Å². The minimum atomic E-state index is -3.66. The summed E-state index contributed by atoms with van der Waals surface area (Å²) in [6.07, 6.45) is 0. The highest BCUT2D eigenvalue weighted by molar-refractivity contribution is 7.89. The molecule has 0 radical (unpaired) electrons. The van der Waals surface area contributed by atoms with Crippen LogP contribution in [0.5, 0.6) is 0 Å². The first-order chi connectivity index (χ1) is 13.6. The van der Waals surface area contributed by atoms with Gasteiger partial charge in [-0.2, -0.15) is 0 Å². The Balaban J connectivity index is 1.88. The largest absolute Gasteiger partial charge is 0.285 e. The normalized spacial score (nSPS) is 11.9. The molecule has 154 valence electrons. The maximum absolute atomic E-state index is 12.8. The van der Waals surface area contributed by atoms with Crippen LogP contribution in [0.1, 0.15) is 42.1 Å². The second-order valence-corrected chi connectivity index (χ2v) is 9.31. The van der Waals surface area contributed by atoms with E-state index in [4.69, 9.17) is 0 Å². The lowest BCUT2D eigenvalue weighted by Crippen LogP contribution is -2.24. The summed E-state index contributed by atoms with van der Waals surface area (Å²) in [6.45, 7) is 8.07. The molecule has 0 saturated heterocycles. The smallest absolute Gasteiger partial charge is 0.275 e. The molecular weight excluding hydrogens is 386 g/mol. The van der Waals surface area contributed by atoms with Crippen molar-refractivity contribution in [2.45, 2.75) is 45.1 Å². The second-order valence-electron chi connectivity index (χ2n) is 7.54. The van der Waals surface area contributed by atoms with Gasteiger partial charge in [-0.05, 0) is 55.2 Å². The van der Waals surface area contributed by atoms with E-state index in [2.05, 4.69) is 4.72 Å². The quantitative estimate of drug-likeness (QED) is 0.673. The molecule has 3 aromatic rings. The predicted octanol–water partition coefficient (Wildman–Crippen LogP) is 3.39. The van der Waals surface area contributed by atoms with E-state index in [0.717, 1.165) is 22.4 Å². The van der Waals surface area contributed by atoms with Crippen LogP contribution in [0.4, 0.5) is 0 Å². The highest BCUT2D eigenvalue weighted by Crippen LogP contribution is 2.19. The summed E-state index contributed by atoms with van der Waals surface area (Å²) in [5, 5.41) is 0. The van der Waals surface area contributed by atoms with Crippen LogP contribution in [0.25, 0.3) is 5.69 Å². The van der Waals surface area contributed by atoms with Gasteiger partial charge in [0.15, 0.2) is 0 Å². The number of benzene rings is 2. The summed E-state index contributed by atoms with van der Waals surface area (Å²) in [5.41, 5.74) is 4.19. The minimum Gasteiger partial charge on any atom is -0.285 e. The van der Waals surface area contributed by atoms with Gasteiger partial charge in [0.25, 0.3) is 5.56 Å². The van der Waals surface area contributed by atoms with Gasteiger partial charge >= 0.3 is 0 Å². The van der Waals surface area contributed by atoms with E-state index in [-0.39, 0.29) is 22.9 Å². The first-order valence-electron chi connectivity index (χ1n) is 9.56. The standard InChI is InChI=1S/C22H27N3O3S/c1-15(2)21-17(4)24(5)25(22(21)26)19-10-12-20(13-11-19)29(27,28)23-14-18-9-7-6-8-16(18)3/h6-13,15,23H,14H2,1-5H3. The maximum Gasteiger partial charge on any atom is 0.275 e. The van der Waals surface area contributed by atoms with Gasteiger partial charge in [0, 0.05) is 24.8 Å². The molecule has 6 nitrogen and oxygen atoms in total. The van der Waals surface area contributed by atoms with Crippen molar-refractivity contribution in [1.29, 1.82) is 0 Å². The Morgan fingerprint density at radius 2 is 1.62 bits per heavy atom. The summed E-state index contributed by atoms with van der Waals surface area (Å²) in [4.78, 5) is 13.0. The van der Waals surface area contributed by atoms with E-state index in [9.17, 15) is 13.2 Å². The molecule has 0 saturated carbocycles. The number of rotatable bonds is 6. The number of hydrogen-bond donors (Lipinski definition) is 1. The summed E-state index contributed by atoms with van der Waals surface area (Å²) in [6, 6.07) is 14.0. The fourth-order valence-electron chi connectivity index (χ4n) is 3.52. The molecule has 0 aliphatic carbocycles. The lowest BCUT2D eigenvalue weighted by Gasteiger charge is -2.11. The van der Waals surface area contributed by atoms with Crippen molar-refractivity contribution in [1.82, 2.24) is 14.1 Å². The second kappa shape index (κ2) is 8.00. The van der Waals surface area contributed by atoms with E-state index in [0.29, 0.717) is 5.69 Å². The molecular formula is C22H27N3O3S. The summed E-state index contributed by atoms with van der Waals surface area (Å²) >= 11 is 0. The molecule has 0 fully saturated rings. The van der Waals surface area contributed by atoms with E-state index in [1.165, 1.54) is 12.1 Å². The molecule has 7 heteroatoms. The van der Waals surface area contributed by atoms with Gasteiger partial charge in [-0.15, -0.1) is 0 Å². The van der Waals surface area contributed by atoms with Crippen LogP contribution in [0.2, 0.25) is 0 Å². The van der Waals surface area contributed by atoms with Gasteiger partial charge in [0.05, 0.1) is 10.6 Å². The van der Waals surface area contributed by atoms with Crippen molar-refractivity contribution in [2.24, 2.45) is 7.05 Å². The Kier molecular flexibility index (Phi) is 5.82. The molecule has 29 heavy (non-hydrogen) atoms. The predicted molar refractivity (Wildman–Crippen MR) is 115 cm³/mol. The molecule has 3 rings (SSSR count). The van der Waals surface area contributed by atoms with E-state index >= 15 is 0 Å². The van der Waals surface area contributed by atoms with Gasteiger partial charge in [0.2, 0.25) is 10.0 Å². The lowest BCUT2D eigenvalue weighted by molar-refractivity contribution is 0.581. The SMILES string of the molecule is Cc1ccccc1CNS(=O)(=O)c1ccc(-n2c(=O)c(C(C)C)c(C)n2C)cc1. The topological polar surface area (TPSA) is 73.1 Å². The van der Waals surface area contributed by atoms with Crippen molar-refractivity contribution in [2.75, 3.05) is 0 Å². The Bertz CT molecular complexity index is 1190. The molecule has 0 aliphatic rings. The van der Waals surface area contributed by atoms with Gasteiger partial charge in [-0.25, -0.2) is 17.8 Å². The minimum absolute atomic E-state index is 0.0757. The van der Waals surface area contributed by atoms with Gasteiger partial charge in [-0.3, -0.25) is 9.48 Å². The number of nitrogens with one attached hydrogen (secondary N) is 1. The highest BCUT2D eigenvalue weighted by Gasteiger charge is 2.19. The number of aromatic nitrogens is 2. The number of aryl methyl sites for hydroxylation is 1. The van der Waals surface area contributed by atoms with Crippen molar-refractivity contribution < 1.29 is 8.42 Å². The average molecular weight is 414 g/mol. The zero-order chi connectivity index (χ0) is 21.3. The first-order valence-corrected chi connectivity index (χ1v) is 11.0. The van der Waals surface area contributed by atoms with Crippen LogP contribution in [0.3, 0.4) is 0 Å². The van der Waals surface area contributed by atoms with Crippen LogP contribution in [-0.4, -0.2) is 17.8 Å². The van der Waals surface area contributed by atoms with Crippen LogP contribution in [0.15, 0.2) is 58.2 Å². The Hall–Kier alpha value is -2.64. The molecule has 0 bridgehead atoms. The summed E-state index contributed by atoms with van der Waals surface area (Å²) in [5.74, 6) is 0.111. The van der Waals surface area contributed by atoms with E-state index in [1.807, 2.05) is 59.0 Å². The Labute approximate surface area is 171 Å². The summed E-state index contributed by atoms with van der Waals surface area (Å²) < 4.78 is 31.3. The van der Waals surface area contributed by atoms with E-state index < -0.39 is 10.0 Å². The zero-order valence-electron chi connectivity index (χ0n) is 17.4. The molecule has 0 atom stereocenters. The van der Waals surface area contributed by atoms with Crippen LogP contribution >= 0.6 is 0 Å². The summed E-state index contributed by atoms with van der Waals surface area (Å²) in [7, 11) is -1.82. The third-order valence-electron chi connectivity index (χ3n) is 5.28. The average Bonchev–Trinajstić information content (AvgIpc) is 2.90. The lowest BCUT2D eigenvalue weighted by atomic mass is 10.0. The van der Waals surface area contributed by atoms with E-state index in [1.54, 1.807) is 21.5 Å². The van der Waals surface area contributed by atoms with Gasteiger partial charge < -0.3 is 0 Å². The number of nitrogens with zero attached hydrogens (tertiary/aromatic N) is 2. The van der Waals surface area contributed by atoms with Crippen LogP contribution in [0, 0.1) is 13.8 Å². The molecule has 0 amide bonds. The molecule has 0 unspecified atom stereocenters. The molecule has 1 aromatic heterocycles.